The first kappa shape index (κ1) is 36.3. The van der Waals surface area contributed by atoms with Crippen LogP contribution in [0.1, 0.15) is 78.2 Å². The average Bonchev–Trinajstić information content (AvgIpc) is 2.98. The number of nitrogens with one attached hydrogen (secondary N) is 4. The zero-order valence-electron chi connectivity index (χ0n) is 26.5. The van der Waals surface area contributed by atoms with Gasteiger partial charge in [-0.15, -0.1) is 0 Å². The molecule has 0 saturated heterocycles. The van der Waals surface area contributed by atoms with Crippen LogP contribution in [0.2, 0.25) is 5.02 Å². The van der Waals surface area contributed by atoms with Crippen LogP contribution in [-0.2, 0) is 16.0 Å². The van der Waals surface area contributed by atoms with E-state index < -0.39 is 6.04 Å². The Kier molecular flexibility index (Phi) is 18.1. The predicted molar refractivity (Wildman–Crippen MR) is 176 cm³/mol. The molecule has 5 unspecified atom stereocenters. The number of aliphatic hydroxyl groups excluding tert-OH is 1. The summed E-state index contributed by atoms with van der Waals surface area (Å²) < 4.78 is 6.29. The second kappa shape index (κ2) is 20.9. The molecule has 0 spiro atoms. The van der Waals surface area contributed by atoms with Gasteiger partial charge in [0.15, 0.2) is 0 Å². The highest BCUT2D eigenvalue weighted by Crippen LogP contribution is 2.18. The highest BCUT2D eigenvalue weighted by molar-refractivity contribution is 6.30. The Morgan fingerprint density at radius 3 is 2.71 bits per heavy atom. The van der Waals surface area contributed by atoms with Gasteiger partial charge in [-0.05, 0) is 56.2 Å². The Hall–Kier alpha value is -1.90. The average molecular weight is 605 g/mol. The minimum absolute atomic E-state index is 0.0314. The van der Waals surface area contributed by atoms with Crippen molar-refractivity contribution in [3.8, 4) is 0 Å². The van der Waals surface area contributed by atoms with E-state index in [0.717, 1.165) is 69.3 Å². The van der Waals surface area contributed by atoms with Crippen LogP contribution < -0.4 is 21.3 Å². The smallest absolute Gasteiger partial charge is 0.237 e. The van der Waals surface area contributed by atoms with Gasteiger partial charge in [-0.1, -0.05) is 88.9 Å². The van der Waals surface area contributed by atoms with Gasteiger partial charge < -0.3 is 31.1 Å². The monoisotopic (exact) mass is 604 g/mol. The first-order valence-corrected chi connectivity index (χ1v) is 16.5. The summed E-state index contributed by atoms with van der Waals surface area (Å²) in [6.45, 7) is 15.8. The van der Waals surface area contributed by atoms with Crippen LogP contribution in [0.3, 0.4) is 0 Å². The number of hydrogen-bond acceptors (Lipinski definition) is 6. The van der Waals surface area contributed by atoms with Crippen molar-refractivity contribution in [1.82, 2.24) is 21.3 Å². The Morgan fingerprint density at radius 1 is 1.19 bits per heavy atom. The molecular formula is C34H57ClN4O3. The first-order valence-electron chi connectivity index (χ1n) is 16.1. The van der Waals surface area contributed by atoms with Crippen LogP contribution >= 0.6 is 11.6 Å². The number of benzene rings is 1. The zero-order valence-corrected chi connectivity index (χ0v) is 27.2. The summed E-state index contributed by atoms with van der Waals surface area (Å²) >= 11 is 6.23. The van der Waals surface area contributed by atoms with Crippen LogP contribution in [0.5, 0.6) is 0 Å². The minimum Gasteiger partial charge on any atom is -0.395 e. The van der Waals surface area contributed by atoms with Crippen LogP contribution in [-0.4, -0.2) is 68.1 Å². The largest absolute Gasteiger partial charge is 0.395 e. The van der Waals surface area contributed by atoms with Crippen molar-refractivity contribution in [2.24, 2.45) is 11.8 Å². The van der Waals surface area contributed by atoms with Gasteiger partial charge in [0.2, 0.25) is 5.91 Å². The van der Waals surface area contributed by atoms with Crippen molar-refractivity contribution >= 4 is 17.5 Å². The molecule has 0 saturated carbocycles. The lowest BCUT2D eigenvalue weighted by atomic mass is 9.96. The van der Waals surface area contributed by atoms with Gasteiger partial charge in [-0.3, -0.25) is 4.79 Å². The molecule has 0 aromatic heterocycles. The fourth-order valence-corrected chi connectivity index (χ4v) is 5.67. The second-order valence-corrected chi connectivity index (χ2v) is 12.2. The molecule has 6 atom stereocenters. The summed E-state index contributed by atoms with van der Waals surface area (Å²) in [6.07, 6.45) is 11.8. The van der Waals surface area contributed by atoms with Crippen molar-refractivity contribution in [2.45, 2.75) is 103 Å². The van der Waals surface area contributed by atoms with E-state index in [0.29, 0.717) is 30.5 Å². The summed E-state index contributed by atoms with van der Waals surface area (Å²) in [4.78, 5) is 13.4. The van der Waals surface area contributed by atoms with E-state index >= 15 is 0 Å². The lowest BCUT2D eigenvalue weighted by Crippen LogP contribution is -2.50. The van der Waals surface area contributed by atoms with E-state index in [1.807, 2.05) is 30.3 Å². The zero-order chi connectivity index (χ0) is 30.7. The van der Waals surface area contributed by atoms with E-state index in [1.54, 1.807) is 0 Å². The normalized spacial score (nSPS) is 27.7. The molecule has 42 heavy (non-hydrogen) atoms. The molecule has 0 bridgehead atoms. The quantitative estimate of drug-likeness (QED) is 0.256. The van der Waals surface area contributed by atoms with Gasteiger partial charge in [0.25, 0.3) is 0 Å². The number of carbonyl (C=O) groups is 1. The maximum absolute atomic E-state index is 13.4. The highest BCUT2D eigenvalue weighted by Gasteiger charge is 2.23. The fourth-order valence-electron chi connectivity index (χ4n) is 5.45. The van der Waals surface area contributed by atoms with Crippen molar-refractivity contribution in [1.29, 1.82) is 0 Å². The molecule has 7 nitrogen and oxygen atoms in total. The van der Waals surface area contributed by atoms with Crippen molar-refractivity contribution in [3.63, 3.8) is 0 Å². The Balaban J connectivity index is 2.20. The second-order valence-electron chi connectivity index (χ2n) is 11.8. The molecule has 2 rings (SSSR count). The summed E-state index contributed by atoms with van der Waals surface area (Å²) in [5.41, 5.74) is 1.99. The molecule has 1 amide bonds. The number of unbranched alkanes of at least 4 members (excludes halogenated alkanes) is 1. The van der Waals surface area contributed by atoms with Gasteiger partial charge in [-0.25, -0.2) is 0 Å². The van der Waals surface area contributed by atoms with Crippen LogP contribution in [0.4, 0.5) is 0 Å². The van der Waals surface area contributed by atoms with Gasteiger partial charge in [0.05, 0.1) is 25.4 Å². The number of amides is 1. The summed E-state index contributed by atoms with van der Waals surface area (Å²) in [5, 5.41) is 24.5. The van der Waals surface area contributed by atoms with Crippen molar-refractivity contribution in [3.05, 3.63) is 59.3 Å². The fraction of sp³-hybridized carbons (Fsp3) is 0.676. The number of aliphatic hydroxyl groups is 1. The molecule has 1 aliphatic heterocycles. The first-order chi connectivity index (χ1) is 20.3. The van der Waals surface area contributed by atoms with Gasteiger partial charge in [0.1, 0.15) is 0 Å². The third-order valence-corrected chi connectivity index (χ3v) is 8.58. The van der Waals surface area contributed by atoms with E-state index in [-0.39, 0.29) is 36.6 Å². The van der Waals surface area contributed by atoms with Crippen molar-refractivity contribution in [2.75, 3.05) is 32.8 Å². The molecule has 0 fully saturated rings. The Morgan fingerprint density at radius 2 is 2.00 bits per heavy atom. The summed E-state index contributed by atoms with van der Waals surface area (Å²) in [7, 11) is 0. The molecule has 5 N–H and O–H groups in total. The molecule has 1 aromatic carbocycles. The molecule has 1 aliphatic rings. The topological polar surface area (TPSA) is 94.7 Å². The molecule has 0 radical (unpaired) electrons. The van der Waals surface area contributed by atoms with Crippen LogP contribution in [0.15, 0.2) is 48.7 Å². The molecule has 1 aromatic rings. The van der Waals surface area contributed by atoms with Gasteiger partial charge in [-0.2, -0.15) is 0 Å². The number of ether oxygens (including phenoxy) is 1. The van der Waals surface area contributed by atoms with E-state index in [2.05, 4.69) is 61.6 Å². The van der Waals surface area contributed by atoms with E-state index in [9.17, 15) is 9.90 Å². The Labute approximate surface area is 260 Å². The summed E-state index contributed by atoms with van der Waals surface area (Å²) in [5.74, 6) is 0.643. The van der Waals surface area contributed by atoms with Gasteiger partial charge >= 0.3 is 0 Å². The molecule has 8 heteroatoms. The number of carbonyl (C=O) groups excluding carboxylic acids is 1. The SMILES string of the molecule is C=C1NCCCCC(CO)NC(Cc2cccc(Cl)c2)C(=O)NC/C=C\C(CCCC)C(C)OCCNC1[C@H](C)CC. The molecular weight excluding hydrogens is 548 g/mol. The maximum Gasteiger partial charge on any atom is 0.237 e. The van der Waals surface area contributed by atoms with E-state index in [4.69, 9.17) is 16.3 Å². The summed E-state index contributed by atoms with van der Waals surface area (Å²) in [6, 6.07) is 7.12. The van der Waals surface area contributed by atoms with Crippen molar-refractivity contribution < 1.29 is 14.6 Å². The standard InChI is InChI=1S/C34H57ClN4O3/c1-6-8-14-29-15-12-19-38-34(41)32(23-28-13-11-16-30(35)22-28)39-31(24-40)17-9-10-18-36-26(4)33(25(3)7-2)37-20-21-42-27(29)5/h11-13,15-16,22,25,27,29,31-33,36-37,39-40H,4,6-10,14,17-21,23-24H2,1-3,5H3,(H,38,41)/b15-12-/t25-,27?,29?,31?,32?,33?/m1/s1. The third-order valence-electron chi connectivity index (χ3n) is 8.34. The maximum atomic E-state index is 13.4. The number of hydrogen-bond donors (Lipinski definition) is 5. The minimum atomic E-state index is -0.485. The lowest BCUT2D eigenvalue weighted by Gasteiger charge is -2.28. The molecule has 0 aliphatic carbocycles. The molecule has 238 valence electrons. The number of rotatable bonds is 8. The van der Waals surface area contributed by atoms with Crippen LogP contribution in [0.25, 0.3) is 0 Å². The van der Waals surface area contributed by atoms with E-state index in [1.165, 1.54) is 0 Å². The molecule has 1 heterocycles. The predicted octanol–water partition coefficient (Wildman–Crippen LogP) is 5.38. The third kappa shape index (κ3) is 13.6. The Bertz CT molecular complexity index is 943. The van der Waals surface area contributed by atoms with Crippen LogP contribution in [0, 0.1) is 11.8 Å². The lowest BCUT2D eigenvalue weighted by molar-refractivity contribution is -0.123. The number of halogens is 1. The van der Waals surface area contributed by atoms with Gasteiger partial charge in [0, 0.05) is 48.4 Å². The highest BCUT2D eigenvalue weighted by atomic mass is 35.5.